The Bertz CT molecular complexity index is 673. The van der Waals surface area contributed by atoms with Crippen molar-refractivity contribution in [1.29, 1.82) is 0 Å². The third kappa shape index (κ3) is 7.89. The molecular weight excluding hydrogens is 392 g/mol. The van der Waals surface area contributed by atoms with Crippen LogP contribution in [0.25, 0.3) is 0 Å². The Labute approximate surface area is 188 Å². The molecule has 2 N–H and O–H groups in total. The van der Waals surface area contributed by atoms with E-state index in [9.17, 15) is 0 Å². The predicted octanol–water partition coefficient (Wildman–Crippen LogP) is 3.29. The maximum Gasteiger partial charge on any atom is 0.191 e. The smallest absolute Gasteiger partial charge is 0.191 e. The summed E-state index contributed by atoms with van der Waals surface area (Å²) in [7, 11) is 5.27. The fraction of sp³-hybridized carbons (Fsp3) is 0.708. The van der Waals surface area contributed by atoms with Crippen LogP contribution in [0.3, 0.4) is 0 Å². The first-order chi connectivity index (χ1) is 15.1. The Morgan fingerprint density at radius 2 is 1.87 bits per heavy atom. The standard InChI is InChI=1S/C24H42N4O3/c1-6-28(7-2)14-16-31-21-10-9-20(17-22(21)30-5)18-26-23(25-3)27-19-24(11-8-12-24)13-15-29-4/h9-10,17H,6-8,11-16,18-19H2,1-5H3,(H2,25,26,27). The number of guanidine groups is 1. The van der Waals surface area contributed by atoms with Gasteiger partial charge in [-0.1, -0.05) is 26.3 Å². The molecule has 31 heavy (non-hydrogen) atoms. The van der Waals surface area contributed by atoms with E-state index in [2.05, 4.69) is 40.4 Å². The van der Waals surface area contributed by atoms with Crippen molar-refractivity contribution in [3.05, 3.63) is 23.8 Å². The second-order valence-electron chi connectivity index (χ2n) is 8.24. The maximum absolute atomic E-state index is 5.96. The molecule has 0 amide bonds. The van der Waals surface area contributed by atoms with Gasteiger partial charge in [0.25, 0.3) is 0 Å². The van der Waals surface area contributed by atoms with Gasteiger partial charge in [-0.05, 0) is 55.5 Å². The topological polar surface area (TPSA) is 67.4 Å². The summed E-state index contributed by atoms with van der Waals surface area (Å²) in [6.45, 7) is 10.4. The van der Waals surface area contributed by atoms with Gasteiger partial charge in [-0.25, -0.2) is 0 Å². The van der Waals surface area contributed by atoms with E-state index in [0.717, 1.165) is 62.2 Å². The fourth-order valence-corrected chi connectivity index (χ4v) is 3.95. The average Bonchev–Trinajstić information content (AvgIpc) is 2.78. The normalized spacial score (nSPS) is 15.5. The Morgan fingerprint density at radius 1 is 1.10 bits per heavy atom. The Morgan fingerprint density at radius 3 is 2.45 bits per heavy atom. The van der Waals surface area contributed by atoms with E-state index in [1.165, 1.54) is 19.3 Å². The van der Waals surface area contributed by atoms with Crippen molar-refractivity contribution in [1.82, 2.24) is 15.5 Å². The number of methoxy groups -OCH3 is 2. The molecule has 0 heterocycles. The van der Waals surface area contributed by atoms with Crippen molar-refractivity contribution < 1.29 is 14.2 Å². The van der Waals surface area contributed by atoms with Gasteiger partial charge in [-0.2, -0.15) is 0 Å². The molecule has 1 fully saturated rings. The quantitative estimate of drug-likeness (QED) is 0.346. The molecule has 0 radical (unpaired) electrons. The molecular formula is C24H42N4O3. The van der Waals surface area contributed by atoms with Crippen LogP contribution in [0.2, 0.25) is 0 Å². The van der Waals surface area contributed by atoms with Crippen LogP contribution in [0.4, 0.5) is 0 Å². The lowest BCUT2D eigenvalue weighted by atomic mass is 9.67. The van der Waals surface area contributed by atoms with Crippen molar-refractivity contribution >= 4 is 5.96 Å². The number of nitrogens with zero attached hydrogens (tertiary/aromatic N) is 2. The summed E-state index contributed by atoms with van der Waals surface area (Å²) in [5.74, 6) is 2.36. The zero-order chi connectivity index (χ0) is 22.5. The molecule has 1 aliphatic carbocycles. The molecule has 0 spiro atoms. The summed E-state index contributed by atoms with van der Waals surface area (Å²) in [6, 6.07) is 6.09. The second-order valence-corrected chi connectivity index (χ2v) is 8.24. The highest BCUT2D eigenvalue weighted by atomic mass is 16.5. The Kier molecular flexibility index (Phi) is 10.9. The van der Waals surface area contributed by atoms with E-state index in [1.807, 2.05) is 19.2 Å². The van der Waals surface area contributed by atoms with Gasteiger partial charge >= 0.3 is 0 Å². The van der Waals surface area contributed by atoms with Crippen molar-refractivity contribution in [2.24, 2.45) is 10.4 Å². The number of aliphatic imine (C=N–C) groups is 1. The number of nitrogens with one attached hydrogen (secondary N) is 2. The molecule has 0 saturated heterocycles. The van der Waals surface area contributed by atoms with Crippen molar-refractivity contribution in [2.75, 3.05) is 60.7 Å². The molecule has 1 aliphatic rings. The number of ether oxygens (including phenoxy) is 3. The highest BCUT2D eigenvalue weighted by molar-refractivity contribution is 5.79. The van der Waals surface area contributed by atoms with E-state index in [1.54, 1.807) is 14.2 Å². The van der Waals surface area contributed by atoms with Crippen LogP contribution in [0.1, 0.15) is 45.1 Å². The SMILES string of the molecule is CCN(CC)CCOc1ccc(CNC(=NC)NCC2(CCOC)CCC2)cc1OC. The minimum atomic E-state index is 0.348. The Balaban J connectivity index is 1.84. The first kappa shape index (κ1) is 25.3. The third-order valence-electron chi connectivity index (χ3n) is 6.35. The lowest BCUT2D eigenvalue weighted by molar-refractivity contribution is 0.0732. The van der Waals surface area contributed by atoms with Crippen LogP contribution < -0.4 is 20.1 Å². The van der Waals surface area contributed by atoms with Gasteiger partial charge in [-0.15, -0.1) is 0 Å². The number of rotatable bonds is 14. The number of benzene rings is 1. The monoisotopic (exact) mass is 434 g/mol. The molecule has 0 aromatic heterocycles. The van der Waals surface area contributed by atoms with E-state index in [0.29, 0.717) is 18.6 Å². The first-order valence-corrected chi connectivity index (χ1v) is 11.5. The zero-order valence-corrected chi connectivity index (χ0v) is 20.1. The molecule has 0 bridgehead atoms. The number of hydrogen-bond donors (Lipinski definition) is 2. The van der Waals surface area contributed by atoms with Crippen molar-refractivity contribution in [3.8, 4) is 11.5 Å². The van der Waals surface area contributed by atoms with E-state index < -0.39 is 0 Å². The highest BCUT2D eigenvalue weighted by Gasteiger charge is 2.36. The molecule has 0 atom stereocenters. The summed E-state index contributed by atoms with van der Waals surface area (Å²) in [6.07, 6.45) is 4.92. The molecule has 2 rings (SSSR count). The van der Waals surface area contributed by atoms with Crippen LogP contribution in [0.15, 0.2) is 23.2 Å². The molecule has 1 saturated carbocycles. The van der Waals surface area contributed by atoms with Crippen LogP contribution in [0, 0.1) is 5.41 Å². The summed E-state index contributed by atoms with van der Waals surface area (Å²) in [4.78, 5) is 6.72. The summed E-state index contributed by atoms with van der Waals surface area (Å²) < 4.78 is 16.8. The minimum absolute atomic E-state index is 0.348. The van der Waals surface area contributed by atoms with Crippen LogP contribution in [0.5, 0.6) is 11.5 Å². The minimum Gasteiger partial charge on any atom is -0.493 e. The van der Waals surface area contributed by atoms with Gasteiger partial charge in [0, 0.05) is 40.4 Å². The van der Waals surface area contributed by atoms with Gasteiger partial charge in [0.15, 0.2) is 17.5 Å². The molecule has 7 nitrogen and oxygen atoms in total. The number of likely N-dealkylation sites (N-methyl/N-ethyl adjacent to an activating group) is 1. The second kappa shape index (κ2) is 13.4. The largest absolute Gasteiger partial charge is 0.493 e. The molecule has 1 aromatic carbocycles. The third-order valence-corrected chi connectivity index (χ3v) is 6.35. The summed E-state index contributed by atoms with van der Waals surface area (Å²) >= 11 is 0. The van der Waals surface area contributed by atoms with Crippen LogP contribution in [-0.2, 0) is 11.3 Å². The van der Waals surface area contributed by atoms with Gasteiger partial charge in [0.2, 0.25) is 0 Å². The van der Waals surface area contributed by atoms with E-state index >= 15 is 0 Å². The van der Waals surface area contributed by atoms with E-state index in [-0.39, 0.29) is 0 Å². The molecule has 176 valence electrons. The van der Waals surface area contributed by atoms with Crippen LogP contribution >= 0.6 is 0 Å². The molecule has 1 aromatic rings. The maximum atomic E-state index is 5.96. The molecule has 0 aliphatic heterocycles. The number of hydrogen-bond acceptors (Lipinski definition) is 5. The fourth-order valence-electron chi connectivity index (χ4n) is 3.95. The predicted molar refractivity (Wildman–Crippen MR) is 127 cm³/mol. The van der Waals surface area contributed by atoms with Gasteiger partial charge in [0.1, 0.15) is 6.61 Å². The van der Waals surface area contributed by atoms with Gasteiger partial charge < -0.3 is 29.7 Å². The molecule has 7 heteroatoms. The lowest BCUT2D eigenvalue weighted by Crippen LogP contribution is -2.46. The molecule has 0 unspecified atom stereocenters. The van der Waals surface area contributed by atoms with Gasteiger partial charge in [-0.3, -0.25) is 4.99 Å². The average molecular weight is 435 g/mol. The Hall–Kier alpha value is -1.99. The summed E-state index contributed by atoms with van der Waals surface area (Å²) in [5.41, 5.74) is 1.47. The van der Waals surface area contributed by atoms with Crippen molar-refractivity contribution in [3.63, 3.8) is 0 Å². The highest BCUT2D eigenvalue weighted by Crippen LogP contribution is 2.43. The van der Waals surface area contributed by atoms with Crippen molar-refractivity contribution in [2.45, 2.75) is 46.1 Å². The lowest BCUT2D eigenvalue weighted by Gasteiger charge is -2.42. The first-order valence-electron chi connectivity index (χ1n) is 11.5. The van der Waals surface area contributed by atoms with Crippen LogP contribution in [-0.4, -0.2) is 71.5 Å². The van der Waals surface area contributed by atoms with Gasteiger partial charge in [0.05, 0.1) is 7.11 Å². The van der Waals surface area contributed by atoms with E-state index in [4.69, 9.17) is 14.2 Å². The summed E-state index contributed by atoms with van der Waals surface area (Å²) in [5, 5.41) is 6.91. The zero-order valence-electron chi connectivity index (χ0n) is 20.1.